The molecule has 0 saturated heterocycles. The van der Waals surface area contributed by atoms with Crippen molar-refractivity contribution < 1.29 is 13.5 Å². The monoisotopic (exact) mass is 269 g/mol. The smallest absolute Gasteiger partial charge is 0.138 e. The highest BCUT2D eigenvalue weighted by Gasteiger charge is 2.08. The van der Waals surface area contributed by atoms with Crippen LogP contribution < -0.4 is 10.1 Å². The second kappa shape index (κ2) is 5.89. The minimum Gasteiger partial charge on any atom is -0.487 e. The van der Waals surface area contributed by atoms with Gasteiger partial charge in [0.2, 0.25) is 0 Å². The first-order valence-corrected chi connectivity index (χ1v) is 5.86. The van der Waals surface area contributed by atoms with E-state index in [9.17, 15) is 4.39 Å². The van der Waals surface area contributed by atoms with E-state index < -0.39 is 0 Å². The van der Waals surface area contributed by atoms with Crippen molar-refractivity contribution in [2.45, 2.75) is 13.2 Å². The molecule has 0 saturated carbocycles. The summed E-state index contributed by atoms with van der Waals surface area (Å²) in [6.07, 6.45) is 1.61. The lowest BCUT2D eigenvalue weighted by Crippen LogP contribution is -2.07. The van der Waals surface area contributed by atoms with Crippen LogP contribution in [0.2, 0.25) is 5.02 Å². The van der Waals surface area contributed by atoms with Gasteiger partial charge < -0.3 is 14.5 Å². The van der Waals surface area contributed by atoms with Gasteiger partial charge >= 0.3 is 0 Å². The zero-order valence-corrected chi connectivity index (χ0v) is 10.6. The first-order chi connectivity index (χ1) is 8.70. The fourth-order valence-corrected chi connectivity index (χ4v) is 1.78. The molecule has 0 atom stereocenters. The van der Waals surface area contributed by atoms with E-state index in [2.05, 4.69) is 5.32 Å². The number of halogens is 2. The molecule has 0 bridgehead atoms. The Labute approximate surface area is 110 Å². The molecule has 1 heterocycles. The average Bonchev–Trinajstić information content (AvgIpc) is 2.76. The Bertz CT molecular complexity index is 527. The topological polar surface area (TPSA) is 34.4 Å². The maximum Gasteiger partial charge on any atom is 0.138 e. The van der Waals surface area contributed by atoms with Gasteiger partial charge in [0.15, 0.2) is 0 Å². The fourth-order valence-electron chi connectivity index (χ4n) is 1.56. The molecule has 1 N–H and O–H groups in total. The highest BCUT2D eigenvalue weighted by molar-refractivity contribution is 6.32. The number of hydrogen-bond acceptors (Lipinski definition) is 3. The number of ether oxygens (including phenoxy) is 1. The zero-order chi connectivity index (χ0) is 13.0. The van der Waals surface area contributed by atoms with Crippen LogP contribution in [0.1, 0.15) is 11.3 Å². The largest absolute Gasteiger partial charge is 0.487 e. The predicted molar refractivity (Wildman–Crippen MR) is 67.2 cm³/mol. The Hall–Kier alpha value is -1.52. The summed E-state index contributed by atoms with van der Waals surface area (Å²) in [6, 6.07) is 5.88. The molecular formula is C13H13ClFNO2. The lowest BCUT2D eigenvalue weighted by Gasteiger charge is -2.08. The molecule has 1 aromatic heterocycles. The van der Waals surface area contributed by atoms with Crippen LogP contribution in [0.3, 0.4) is 0 Å². The van der Waals surface area contributed by atoms with Crippen LogP contribution in [0.25, 0.3) is 0 Å². The highest BCUT2D eigenvalue weighted by Crippen LogP contribution is 2.26. The van der Waals surface area contributed by atoms with Crippen molar-refractivity contribution in [1.29, 1.82) is 0 Å². The van der Waals surface area contributed by atoms with E-state index in [0.29, 0.717) is 18.9 Å². The fraction of sp³-hybridized carbons (Fsp3) is 0.231. The third-order valence-corrected chi connectivity index (χ3v) is 2.75. The van der Waals surface area contributed by atoms with E-state index in [1.165, 1.54) is 18.2 Å². The number of hydrogen-bond donors (Lipinski definition) is 1. The van der Waals surface area contributed by atoms with Crippen molar-refractivity contribution in [3.8, 4) is 5.75 Å². The maximum absolute atomic E-state index is 12.9. The molecule has 5 heteroatoms. The molecule has 3 nitrogen and oxygen atoms in total. The van der Waals surface area contributed by atoms with E-state index in [-0.39, 0.29) is 10.8 Å². The lowest BCUT2D eigenvalue weighted by molar-refractivity contribution is 0.301. The molecule has 96 valence electrons. The van der Waals surface area contributed by atoms with E-state index >= 15 is 0 Å². The molecular weight excluding hydrogens is 257 g/mol. The van der Waals surface area contributed by atoms with Crippen molar-refractivity contribution in [2.75, 3.05) is 7.05 Å². The quantitative estimate of drug-likeness (QED) is 0.904. The van der Waals surface area contributed by atoms with E-state index in [4.69, 9.17) is 20.8 Å². The van der Waals surface area contributed by atoms with Crippen LogP contribution in [0.4, 0.5) is 4.39 Å². The molecule has 0 fully saturated rings. The number of rotatable bonds is 5. The van der Waals surface area contributed by atoms with Gasteiger partial charge in [0, 0.05) is 5.56 Å². The van der Waals surface area contributed by atoms with Gasteiger partial charge in [0.05, 0.1) is 17.8 Å². The van der Waals surface area contributed by atoms with Crippen molar-refractivity contribution >= 4 is 11.6 Å². The Kier molecular flexibility index (Phi) is 4.23. The molecule has 2 rings (SSSR count). The summed E-state index contributed by atoms with van der Waals surface area (Å²) < 4.78 is 23.7. The van der Waals surface area contributed by atoms with E-state index in [0.717, 1.165) is 11.3 Å². The van der Waals surface area contributed by atoms with Crippen LogP contribution in [-0.2, 0) is 13.2 Å². The highest BCUT2D eigenvalue weighted by atomic mass is 35.5. The van der Waals surface area contributed by atoms with Gasteiger partial charge in [0.25, 0.3) is 0 Å². The van der Waals surface area contributed by atoms with E-state index in [1.807, 2.05) is 13.1 Å². The minimum atomic E-state index is -0.383. The van der Waals surface area contributed by atoms with Gasteiger partial charge in [-0.25, -0.2) is 4.39 Å². The minimum absolute atomic E-state index is 0.258. The SMILES string of the molecule is CNCc1occc1COc1ccc(F)cc1Cl. The van der Waals surface area contributed by atoms with Crippen molar-refractivity contribution in [1.82, 2.24) is 5.32 Å². The summed E-state index contributed by atoms with van der Waals surface area (Å²) in [5.74, 6) is 0.886. The van der Waals surface area contributed by atoms with Gasteiger partial charge in [-0.05, 0) is 31.3 Å². The molecule has 0 unspecified atom stereocenters. The second-order valence-corrected chi connectivity index (χ2v) is 4.17. The molecule has 0 radical (unpaired) electrons. The number of benzene rings is 1. The average molecular weight is 270 g/mol. The van der Waals surface area contributed by atoms with Gasteiger partial charge in [0.1, 0.15) is 23.9 Å². The second-order valence-electron chi connectivity index (χ2n) is 3.76. The van der Waals surface area contributed by atoms with Gasteiger partial charge in [-0.1, -0.05) is 11.6 Å². The summed E-state index contributed by atoms with van der Waals surface area (Å²) in [5, 5.41) is 3.26. The first-order valence-electron chi connectivity index (χ1n) is 5.48. The molecule has 0 aliphatic heterocycles. The van der Waals surface area contributed by atoms with Crippen LogP contribution in [0.5, 0.6) is 5.75 Å². The van der Waals surface area contributed by atoms with Crippen molar-refractivity contribution in [3.05, 3.63) is 52.7 Å². The molecule has 0 amide bonds. The summed E-state index contributed by atoms with van der Waals surface area (Å²) in [5.41, 5.74) is 0.935. The van der Waals surface area contributed by atoms with Crippen LogP contribution in [0, 0.1) is 5.82 Å². The summed E-state index contributed by atoms with van der Waals surface area (Å²) in [6.45, 7) is 0.960. The van der Waals surface area contributed by atoms with Gasteiger partial charge in [-0.2, -0.15) is 0 Å². The Morgan fingerprint density at radius 1 is 1.39 bits per heavy atom. The van der Waals surface area contributed by atoms with Crippen LogP contribution in [-0.4, -0.2) is 7.05 Å². The van der Waals surface area contributed by atoms with Crippen LogP contribution >= 0.6 is 11.6 Å². The Morgan fingerprint density at radius 2 is 2.22 bits per heavy atom. The summed E-state index contributed by atoms with van der Waals surface area (Å²) in [4.78, 5) is 0. The number of nitrogens with one attached hydrogen (secondary N) is 1. The molecule has 0 aliphatic carbocycles. The molecule has 0 aliphatic rings. The first kappa shape index (κ1) is 12.9. The normalized spacial score (nSPS) is 10.6. The molecule has 18 heavy (non-hydrogen) atoms. The Morgan fingerprint density at radius 3 is 2.94 bits per heavy atom. The van der Waals surface area contributed by atoms with Crippen molar-refractivity contribution in [2.24, 2.45) is 0 Å². The summed E-state index contributed by atoms with van der Waals surface area (Å²) in [7, 11) is 1.84. The molecule has 0 spiro atoms. The van der Waals surface area contributed by atoms with Gasteiger partial charge in [-0.3, -0.25) is 0 Å². The summed E-state index contributed by atoms with van der Waals surface area (Å²) >= 11 is 5.87. The predicted octanol–water partition coefficient (Wildman–Crippen LogP) is 3.37. The van der Waals surface area contributed by atoms with Crippen molar-refractivity contribution in [3.63, 3.8) is 0 Å². The third-order valence-electron chi connectivity index (χ3n) is 2.45. The van der Waals surface area contributed by atoms with E-state index in [1.54, 1.807) is 6.26 Å². The third kappa shape index (κ3) is 3.03. The lowest BCUT2D eigenvalue weighted by atomic mass is 10.2. The number of furan rings is 1. The van der Waals surface area contributed by atoms with Gasteiger partial charge in [-0.15, -0.1) is 0 Å². The standard InChI is InChI=1S/C13H13ClFNO2/c1-16-7-13-9(4-5-17-13)8-18-12-3-2-10(15)6-11(12)14/h2-6,16H,7-8H2,1H3. The van der Waals surface area contributed by atoms with Crippen LogP contribution in [0.15, 0.2) is 34.9 Å². The Balaban J connectivity index is 2.04. The molecule has 1 aromatic carbocycles. The zero-order valence-electron chi connectivity index (χ0n) is 9.87. The maximum atomic E-state index is 12.9. The molecule has 2 aromatic rings.